The van der Waals surface area contributed by atoms with Gasteiger partial charge >= 0.3 is 5.97 Å². The van der Waals surface area contributed by atoms with E-state index >= 15 is 0 Å². The van der Waals surface area contributed by atoms with Crippen LogP contribution >= 0.6 is 0 Å². The fourth-order valence-electron chi connectivity index (χ4n) is 9.41. The van der Waals surface area contributed by atoms with Crippen molar-refractivity contribution in [3.8, 4) is 0 Å². The summed E-state index contributed by atoms with van der Waals surface area (Å²) in [6.07, 6.45) is 3.17. The zero-order valence-corrected chi connectivity index (χ0v) is 49.2. The van der Waals surface area contributed by atoms with E-state index in [1.807, 2.05) is 25.1 Å². The molecule has 472 valence electrons. The number of aliphatic hydroxyl groups is 2. The zero-order chi connectivity index (χ0) is 63.4. The Morgan fingerprint density at radius 3 is 1.99 bits per heavy atom. The first-order valence-corrected chi connectivity index (χ1v) is 29.1. The third kappa shape index (κ3) is 22.7. The molecule has 5 rings (SSSR count). The average Bonchev–Trinajstić information content (AvgIpc) is 3.28. The third-order valence-corrected chi connectivity index (χ3v) is 14.4. The predicted octanol–water partition coefficient (Wildman–Crippen LogP) is -1.78. The number of hydrogen-bond donors (Lipinski definition) is 15. The number of aliphatic imine (C=N–C) groups is 1. The Kier molecular flexibility index (Phi) is 28.0. The third-order valence-electron chi connectivity index (χ3n) is 14.4. The van der Waals surface area contributed by atoms with Crippen LogP contribution < -0.4 is 65.2 Å². The number of para-hydroxylation sites is 1. The summed E-state index contributed by atoms with van der Waals surface area (Å²) in [4.78, 5) is 157. The van der Waals surface area contributed by atoms with E-state index in [2.05, 4.69) is 63.0 Å². The molecule has 0 bridgehead atoms. The van der Waals surface area contributed by atoms with Crippen molar-refractivity contribution < 1.29 is 63.0 Å². The van der Waals surface area contributed by atoms with Gasteiger partial charge in [0, 0.05) is 68.3 Å². The van der Waals surface area contributed by atoms with Crippen molar-refractivity contribution in [1.29, 1.82) is 0 Å². The van der Waals surface area contributed by atoms with Crippen LogP contribution in [0.1, 0.15) is 102 Å². The number of rotatable bonds is 22. The van der Waals surface area contributed by atoms with Crippen LogP contribution in [-0.4, -0.2) is 159 Å². The summed E-state index contributed by atoms with van der Waals surface area (Å²) >= 11 is 0. The molecule has 2 aromatic carbocycles. The highest BCUT2D eigenvalue weighted by atomic mass is 16.7. The van der Waals surface area contributed by atoms with Gasteiger partial charge in [-0.2, -0.15) is 5.48 Å². The van der Waals surface area contributed by atoms with E-state index in [4.69, 9.17) is 22.0 Å². The number of carbonyl (C=O) groups excluding carboxylic acids is 10. The number of amides is 9. The lowest BCUT2D eigenvalue weighted by atomic mass is 10.0. The van der Waals surface area contributed by atoms with Gasteiger partial charge in [0.2, 0.25) is 53.2 Å². The fourth-order valence-corrected chi connectivity index (χ4v) is 9.41. The number of aromatic nitrogens is 2. The largest absolute Gasteiger partial charge is 0.394 e. The van der Waals surface area contributed by atoms with Crippen LogP contribution in [0.15, 0.2) is 90.3 Å². The van der Waals surface area contributed by atoms with E-state index in [0.29, 0.717) is 29.5 Å². The van der Waals surface area contributed by atoms with Gasteiger partial charge in [0.05, 0.1) is 6.61 Å². The maximum absolute atomic E-state index is 14.9. The fraction of sp³-hybridized carbons (Fsp3) is 0.492. The number of primary amides is 1. The molecule has 1 fully saturated rings. The summed E-state index contributed by atoms with van der Waals surface area (Å²) < 4.78 is 0. The summed E-state index contributed by atoms with van der Waals surface area (Å²) in [6.45, 7) is 4.13. The molecule has 0 spiro atoms. The molecule has 1 aliphatic heterocycles. The number of aliphatic hydroxyl groups excluding tert-OH is 2. The quantitative estimate of drug-likeness (QED) is 0.0235. The Balaban J connectivity index is 1.54. The van der Waals surface area contributed by atoms with Gasteiger partial charge in [-0.25, -0.2) is 0 Å². The molecule has 9 amide bonds. The van der Waals surface area contributed by atoms with Crippen LogP contribution in [0.4, 0.5) is 0 Å². The highest BCUT2D eigenvalue weighted by Crippen LogP contribution is 2.20. The summed E-state index contributed by atoms with van der Waals surface area (Å²) in [5.41, 5.74) is 22.0. The maximum Gasteiger partial charge on any atom is 0.324 e. The second kappa shape index (κ2) is 35.4. The summed E-state index contributed by atoms with van der Waals surface area (Å²) in [5, 5.41) is 42.2. The topological polar surface area (TPSA) is 448 Å². The van der Waals surface area contributed by atoms with E-state index in [-0.39, 0.29) is 76.8 Å². The molecule has 87 heavy (non-hydrogen) atoms. The Morgan fingerprint density at radius 2 is 1.33 bits per heavy atom. The lowest BCUT2D eigenvalue weighted by Crippen LogP contribution is -2.61. The molecule has 1 saturated heterocycles. The molecule has 4 aromatic rings. The number of H-pyrrole nitrogens is 1. The van der Waals surface area contributed by atoms with Gasteiger partial charge in [0.1, 0.15) is 54.4 Å². The molecule has 0 saturated carbocycles. The highest BCUT2D eigenvalue weighted by molar-refractivity contribution is 5.99. The first-order chi connectivity index (χ1) is 41.7. The Bertz CT molecular complexity index is 2980. The normalized spacial score (nSPS) is 20.9. The van der Waals surface area contributed by atoms with Crippen molar-refractivity contribution in [2.24, 2.45) is 28.1 Å². The first-order valence-electron chi connectivity index (χ1n) is 29.1. The van der Waals surface area contributed by atoms with Crippen molar-refractivity contribution >= 4 is 76.0 Å². The number of carbonyl (C=O) groups is 10. The summed E-state index contributed by atoms with van der Waals surface area (Å²) in [5.74, 6) is -9.73. The van der Waals surface area contributed by atoms with Crippen molar-refractivity contribution in [3.05, 3.63) is 102 Å². The molecular formula is C59H83N15O13. The number of hydroxylamine groups is 1. The molecule has 18 N–H and O–H groups in total. The summed E-state index contributed by atoms with van der Waals surface area (Å²) in [7, 11) is 0. The lowest BCUT2D eigenvalue weighted by Gasteiger charge is -2.28. The number of nitrogens with two attached hydrogens (primary N) is 3. The first kappa shape index (κ1) is 68.8. The Morgan fingerprint density at radius 1 is 0.713 bits per heavy atom. The van der Waals surface area contributed by atoms with Crippen LogP contribution in [0.25, 0.3) is 10.9 Å². The molecule has 28 nitrogen and oxygen atoms in total. The van der Waals surface area contributed by atoms with Gasteiger partial charge in [-0.1, -0.05) is 88.2 Å². The van der Waals surface area contributed by atoms with Crippen LogP contribution in [0.5, 0.6) is 0 Å². The minimum atomic E-state index is -1.62. The molecule has 0 radical (unpaired) electrons. The predicted molar refractivity (Wildman–Crippen MR) is 319 cm³/mol. The number of pyridine rings is 1. The van der Waals surface area contributed by atoms with Gasteiger partial charge in [0.25, 0.3) is 0 Å². The maximum atomic E-state index is 14.9. The van der Waals surface area contributed by atoms with Crippen LogP contribution in [-0.2, 0) is 72.0 Å². The number of hydrogen-bond acceptors (Lipinski definition) is 16. The van der Waals surface area contributed by atoms with Gasteiger partial charge in [0.15, 0.2) is 5.96 Å². The molecule has 2 aromatic heterocycles. The Labute approximate surface area is 503 Å². The van der Waals surface area contributed by atoms with Crippen molar-refractivity contribution in [2.75, 3.05) is 19.7 Å². The molecule has 3 heterocycles. The van der Waals surface area contributed by atoms with Gasteiger partial charge < -0.3 is 79.8 Å². The van der Waals surface area contributed by atoms with Gasteiger partial charge in [-0.05, 0) is 79.7 Å². The minimum Gasteiger partial charge on any atom is -0.394 e. The zero-order valence-electron chi connectivity index (χ0n) is 49.2. The van der Waals surface area contributed by atoms with Gasteiger partial charge in [-0.3, -0.25) is 57.9 Å². The van der Waals surface area contributed by atoms with Crippen molar-refractivity contribution in [2.45, 2.75) is 159 Å². The molecule has 28 heteroatoms. The number of guanidine groups is 1. The second-order valence-electron chi connectivity index (χ2n) is 21.6. The molecule has 1 unspecified atom stereocenters. The number of unbranched alkanes of at least 4 members (excludes halogenated alkanes) is 1. The SMILES string of the molecule is CCCC[C@H](NC(=O)[C@H](CO)NC(=O)C(O)C(C)C)C(=O)N[C@H]1CCC(=O)ONCCCC[C@@H](C(N)=O)NC(=O)[C@H](Cc2c[nH]c3ccccc23)NC(=O)[C@H](CCCN=C(N)N)NC(=O)[C@@H](Cc2ccccc2)NC(=O)[C@H](Cc2cccnc2)NC1=O. The average molecular weight is 1210 g/mol. The van der Waals surface area contributed by atoms with E-state index in [1.165, 1.54) is 12.4 Å². The Hall–Kier alpha value is -9.02. The van der Waals surface area contributed by atoms with Gasteiger partial charge in [-0.15, -0.1) is 0 Å². The molecule has 0 aliphatic carbocycles. The lowest BCUT2D eigenvalue weighted by molar-refractivity contribution is -0.151. The molecule has 1 aliphatic rings. The number of nitrogens with one attached hydrogen (secondary N) is 10. The van der Waals surface area contributed by atoms with E-state index in [9.17, 15) is 58.2 Å². The monoisotopic (exact) mass is 1210 g/mol. The van der Waals surface area contributed by atoms with E-state index in [1.54, 1.807) is 68.6 Å². The van der Waals surface area contributed by atoms with E-state index in [0.717, 1.165) is 10.9 Å². The number of nitrogens with zero attached hydrogens (tertiary/aromatic N) is 2. The highest BCUT2D eigenvalue weighted by Gasteiger charge is 2.36. The minimum absolute atomic E-state index is 0.00290. The van der Waals surface area contributed by atoms with Crippen LogP contribution in [0, 0.1) is 5.92 Å². The smallest absolute Gasteiger partial charge is 0.324 e. The van der Waals surface area contributed by atoms with Crippen LogP contribution in [0.3, 0.4) is 0 Å². The molecular weight excluding hydrogens is 1130 g/mol. The number of fused-ring (bicyclic) bond motifs is 1. The van der Waals surface area contributed by atoms with Crippen molar-refractivity contribution in [1.82, 2.24) is 58.0 Å². The number of benzene rings is 2. The van der Waals surface area contributed by atoms with Crippen LogP contribution in [0.2, 0.25) is 0 Å². The standard InChI is InChI=1S/C59H83N15O13/c1-4-5-19-41(69-57(85)47(33-75)74-58(86)49(77)34(2)3)51(79)70-43-23-24-48(76)87-66-27-12-11-21-40(50(60)78)67-56(84)46(30-37-32-65-39-20-10-9-18-38(37)39)73-52(80)42(22-14-26-64-59(61)62)68-54(82)44(28-35-15-7-6-8-16-35)72-55(83)45(71-53(43)81)29-36-17-13-25-63-31-36/h6-10,13,15-18,20,25,31-32,34,40-47,49,65-66,75,77H,4-5,11-12,14,19,21-24,26-30,33H2,1-3H3,(H2,60,78)(H,67,84)(H,68,82)(H,69,85)(H,70,79)(H,71,81)(H,72,83)(H,73,80)(H,74,86)(H4,61,62,64)/t40-,41-,42-,43-,44+,45-,46-,47-,49?/m0/s1. The molecule has 9 atom stereocenters. The van der Waals surface area contributed by atoms with Crippen molar-refractivity contribution in [3.63, 3.8) is 0 Å². The van der Waals surface area contributed by atoms with E-state index < -0.39 is 139 Å². The number of aromatic amines is 1. The summed E-state index contributed by atoms with van der Waals surface area (Å²) in [6, 6.07) is 7.48. The second-order valence-corrected chi connectivity index (χ2v) is 21.6.